The van der Waals surface area contributed by atoms with E-state index in [-0.39, 0.29) is 10.7 Å². The third-order valence-electron chi connectivity index (χ3n) is 4.81. The zero-order valence-electron chi connectivity index (χ0n) is 16.5. The summed E-state index contributed by atoms with van der Waals surface area (Å²) in [4.78, 5) is 26.9. The van der Waals surface area contributed by atoms with Gasteiger partial charge in [0.2, 0.25) is 0 Å². The Labute approximate surface area is 189 Å². The Morgan fingerprint density at radius 2 is 1.68 bits per heavy atom. The lowest BCUT2D eigenvalue weighted by atomic mass is 10.0. The lowest BCUT2D eigenvalue weighted by Gasteiger charge is -2.29. The first kappa shape index (κ1) is 20.8. The summed E-state index contributed by atoms with van der Waals surface area (Å²) in [5.41, 5.74) is 3.18. The Bertz CT molecular complexity index is 1200. The molecule has 5 nitrogen and oxygen atoms in total. The highest BCUT2D eigenvalue weighted by atomic mass is 35.5. The van der Waals surface area contributed by atoms with Gasteiger partial charge in [-0.15, -0.1) is 0 Å². The van der Waals surface area contributed by atoms with Crippen LogP contribution in [-0.4, -0.2) is 24.0 Å². The smallest absolute Gasteiger partial charge is 0.270 e. The fourth-order valence-corrected chi connectivity index (χ4v) is 3.65. The quantitative estimate of drug-likeness (QED) is 0.352. The van der Waals surface area contributed by atoms with Crippen LogP contribution in [0.15, 0.2) is 78.4 Å². The van der Waals surface area contributed by atoms with Crippen molar-refractivity contribution in [3.8, 4) is 16.9 Å². The molecule has 0 unspecified atom stereocenters. The Kier molecular flexibility index (Phi) is 5.84. The third kappa shape index (κ3) is 4.35. The van der Waals surface area contributed by atoms with E-state index in [4.69, 9.17) is 28.6 Å². The van der Waals surface area contributed by atoms with Crippen LogP contribution in [0.2, 0.25) is 5.02 Å². The van der Waals surface area contributed by atoms with Crippen molar-refractivity contribution < 1.29 is 14.3 Å². The van der Waals surface area contributed by atoms with Crippen LogP contribution in [0.1, 0.15) is 5.56 Å². The number of anilines is 1. The molecule has 4 rings (SSSR count). The van der Waals surface area contributed by atoms with Crippen molar-refractivity contribution in [1.82, 2.24) is 5.32 Å². The predicted molar refractivity (Wildman–Crippen MR) is 126 cm³/mol. The molecule has 1 heterocycles. The highest BCUT2D eigenvalue weighted by Gasteiger charge is 2.34. The highest BCUT2D eigenvalue weighted by Crippen LogP contribution is 2.26. The zero-order chi connectivity index (χ0) is 22.0. The molecular formula is C24H17ClN2O3S. The molecule has 154 valence electrons. The van der Waals surface area contributed by atoms with Crippen LogP contribution in [0.3, 0.4) is 0 Å². The molecule has 1 saturated heterocycles. The Morgan fingerprint density at radius 3 is 2.35 bits per heavy atom. The Hall–Kier alpha value is -3.48. The van der Waals surface area contributed by atoms with Crippen molar-refractivity contribution in [3.63, 3.8) is 0 Å². The van der Waals surface area contributed by atoms with Crippen molar-refractivity contribution in [3.05, 3.63) is 89.0 Å². The van der Waals surface area contributed by atoms with Gasteiger partial charge in [0, 0.05) is 5.02 Å². The summed E-state index contributed by atoms with van der Waals surface area (Å²) in [5, 5.41) is 3.15. The first-order chi connectivity index (χ1) is 15.0. The molecule has 1 aliphatic heterocycles. The largest absolute Gasteiger partial charge is 0.497 e. The number of amides is 2. The monoisotopic (exact) mass is 448 g/mol. The van der Waals surface area contributed by atoms with E-state index in [2.05, 4.69) is 5.32 Å². The average Bonchev–Trinajstić information content (AvgIpc) is 2.78. The number of hydrogen-bond acceptors (Lipinski definition) is 4. The van der Waals surface area contributed by atoms with Crippen LogP contribution in [0.25, 0.3) is 17.2 Å². The van der Waals surface area contributed by atoms with Crippen LogP contribution in [0.4, 0.5) is 5.69 Å². The molecule has 0 aromatic heterocycles. The molecule has 0 aliphatic carbocycles. The fourth-order valence-electron chi connectivity index (χ4n) is 3.24. The first-order valence-corrected chi connectivity index (χ1v) is 10.2. The van der Waals surface area contributed by atoms with Gasteiger partial charge in [-0.1, -0.05) is 41.9 Å². The number of halogens is 1. The van der Waals surface area contributed by atoms with Gasteiger partial charge >= 0.3 is 0 Å². The molecule has 7 heteroatoms. The van der Waals surface area contributed by atoms with Gasteiger partial charge in [0.05, 0.1) is 12.8 Å². The van der Waals surface area contributed by atoms with Crippen molar-refractivity contribution in [2.75, 3.05) is 12.0 Å². The maximum absolute atomic E-state index is 13.1. The Balaban J connectivity index is 1.68. The van der Waals surface area contributed by atoms with Gasteiger partial charge < -0.3 is 4.74 Å². The van der Waals surface area contributed by atoms with Gasteiger partial charge in [-0.25, -0.2) is 0 Å². The van der Waals surface area contributed by atoms with Crippen LogP contribution in [0, 0.1) is 0 Å². The molecule has 0 saturated carbocycles. The van der Waals surface area contributed by atoms with E-state index in [1.165, 1.54) is 4.90 Å². The van der Waals surface area contributed by atoms with Crippen LogP contribution < -0.4 is 15.0 Å². The topological polar surface area (TPSA) is 58.6 Å². The van der Waals surface area contributed by atoms with E-state index in [1.807, 2.05) is 48.5 Å². The van der Waals surface area contributed by atoms with Gasteiger partial charge in [0.15, 0.2) is 5.11 Å². The standard InChI is InChI=1S/C24H17ClN2O3S/c1-30-20-11-5-16(6-12-20)17-4-2-3-15(13-17)14-21-22(28)26-24(31)27(23(21)29)19-9-7-18(25)8-10-19/h2-14H,1H3,(H,26,28,31)/b21-14-. The number of ether oxygens (including phenoxy) is 1. The second kappa shape index (κ2) is 8.71. The number of carbonyl (C=O) groups is 2. The minimum atomic E-state index is -0.532. The lowest BCUT2D eigenvalue weighted by molar-refractivity contribution is -0.122. The van der Waals surface area contributed by atoms with E-state index < -0.39 is 11.8 Å². The number of hydrogen-bond donors (Lipinski definition) is 1. The molecule has 1 N–H and O–H groups in total. The van der Waals surface area contributed by atoms with Crippen molar-refractivity contribution in [2.24, 2.45) is 0 Å². The van der Waals surface area contributed by atoms with Gasteiger partial charge in [-0.3, -0.25) is 19.8 Å². The summed E-state index contributed by atoms with van der Waals surface area (Å²) < 4.78 is 5.20. The van der Waals surface area contributed by atoms with Gasteiger partial charge in [0.25, 0.3) is 11.8 Å². The number of thiocarbonyl (C=S) groups is 1. The molecule has 3 aromatic rings. The number of nitrogens with zero attached hydrogens (tertiary/aromatic N) is 1. The first-order valence-electron chi connectivity index (χ1n) is 9.38. The summed E-state index contributed by atoms with van der Waals surface area (Å²) in [6.07, 6.45) is 1.56. The molecule has 3 aromatic carbocycles. The number of nitrogens with one attached hydrogen (secondary N) is 1. The summed E-state index contributed by atoms with van der Waals surface area (Å²) in [6.45, 7) is 0. The number of carbonyl (C=O) groups excluding carboxylic acids is 2. The lowest BCUT2D eigenvalue weighted by Crippen LogP contribution is -2.54. The van der Waals surface area contributed by atoms with Crippen molar-refractivity contribution in [1.29, 1.82) is 0 Å². The zero-order valence-corrected chi connectivity index (χ0v) is 18.0. The molecular weight excluding hydrogens is 432 g/mol. The predicted octanol–water partition coefficient (Wildman–Crippen LogP) is 4.85. The van der Waals surface area contributed by atoms with E-state index >= 15 is 0 Å². The summed E-state index contributed by atoms with van der Waals surface area (Å²) in [5.74, 6) is -0.259. The summed E-state index contributed by atoms with van der Waals surface area (Å²) >= 11 is 11.2. The minimum absolute atomic E-state index is 0.00423. The molecule has 31 heavy (non-hydrogen) atoms. The van der Waals surface area contributed by atoms with Crippen molar-refractivity contribution >= 4 is 52.5 Å². The van der Waals surface area contributed by atoms with Crippen molar-refractivity contribution in [2.45, 2.75) is 0 Å². The number of methoxy groups -OCH3 is 1. The maximum atomic E-state index is 13.1. The SMILES string of the molecule is COc1ccc(-c2cccc(/C=C3/C(=O)NC(=S)N(c4ccc(Cl)cc4)C3=O)c2)cc1. The molecule has 0 radical (unpaired) electrons. The van der Waals surface area contributed by atoms with Crippen LogP contribution in [0.5, 0.6) is 5.75 Å². The summed E-state index contributed by atoms with van der Waals surface area (Å²) in [7, 11) is 1.62. The third-order valence-corrected chi connectivity index (χ3v) is 5.34. The normalized spacial score (nSPS) is 15.2. The molecule has 0 spiro atoms. The minimum Gasteiger partial charge on any atom is -0.497 e. The number of benzene rings is 3. The molecule has 1 fully saturated rings. The van der Waals surface area contributed by atoms with E-state index in [0.717, 1.165) is 22.4 Å². The molecule has 0 atom stereocenters. The van der Waals surface area contributed by atoms with Crippen LogP contribution >= 0.6 is 23.8 Å². The fraction of sp³-hybridized carbons (Fsp3) is 0.0417. The van der Waals surface area contributed by atoms with Gasteiger partial charge in [-0.05, 0) is 77.4 Å². The maximum Gasteiger partial charge on any atom is 0.270 e. The molecule has 1 aliphatic rings. The second-order valence-corrected chi connectivity index (χ2v) is 7.61. The van der Waals surface area contributed by atoms with Gasteiger partial charge in [-0.2, -0.15) is 0 Å². The van der Waals surface area contributed by atoms with E-state index in [1.54, 1.807) is 37.5 Å². The molecule has 0 bridgehead atoms. The second-order valence-electron chi connectivity index (χ2n) is 6.79. The molecule has 2 amide bonds. The Morgan fingerprint density at radius 1 is 0.968 bits per heavy atom. The average molecular weight is 449 g/mol. The van der Waals surface area contributed by atoms with Gasteiger partial charge in [0.1, 0.15) is 11.3 Å². The number of rotatable bonds is 4. The van der Waals surface area contributed by atoms with E-state index in [0.29, 0.717) is 10.7 Å². The van der Waals surface area contributed by atoms with Crippen LogP contribution in [-0.2, 0) is 9.59 Å². The highest BCUT2D eigenvalue weighted by molar-refractivity contribution is 7.80. The summed E-state index contributed by atoms with van der Waals surface area (Å²) in [6, 6.07) is 21.9. The van der Waals surface area contributed by atoms with E-state index in [9.17, 15) is 9.59 Å².